The molecule has 0 heterocycles. The van der Waals surface area contributed by atoms with E-state index in [0.29, 0.717) is 19.1 Å². The molecule has 0 radical (unpaired) electrons. The minimum atomic E-state index is -0.0703. The van der Waals surface area contributed by atoms with Gasteiger partial charge in [-0.1, -0.05) is 0 Å². The summed E-state index contributed by atoms with van der Waals surface area (Å²) in [5, 5.41) is 2.91. The van der Waals surface area contributed by atoms with Crippen LogP contribution in [0.15, 0.2) is 4.99 Å². The summed E-state index contributed by atoms with van der Waals surface area (Å²) in [7, 11) is 3.37. The van der Waals surface area contributed by atoms with Gasteiger partial charge in [-0.2, -0.15) is 0 Å². The number of ether oxygens (including phenoxy) is 1. The van der Waals surface area contributed by atoms with Gasteiger partial charge in [0, 0.05) is 33.9 Å². The molecule has 0 aliphatic heterocycles. The maximum atomic E-state index is 11.2. The van der Waals surface area contributed by atoms with Gasteiger partial charge in [-0.05, 0) is 13.3 Å². The summed E-state index contributed by atoms with van der Waals surface area (Å²) in [6, 6.07) is 0. The van der Waals surface area contributed by atoms with E-state index in [1.807, 2.05) is 6.92 Å². The number of rotatable bonds is 7. The number of likely N-dealkylation sites (N-methyl/N-ethyl adjacent to an activating group) is 1. The third-order valence-corrected chi connectivity index (χ3v) is 1.86. The average molecular weight is 230 g/mol. The van der Waals surface area contributed by atoms with Crippen molar-refractivity contribution >= 4 is 11.9 Å². The van der Waals surface area contributed by atoms with Crippen molar-refractivity contribution in [3.05, 3.63) is 0 Å². The van der Waals surface area contributed by atoms with E-state index in [1.54, 1.807) is 14.1 Å². The number of nitrogens with two attached hydrogens (primary N) is 1. The van der Waals surface area contributed by atoms with Crippen molar-refractivity contribution < 1.29 is 9.53 Å². The van der Waals surface area contributed by atoms with Crippen LogP contribution in [-0.2, 0) is 9.53 Å². The Morgan fingerprint density at radius 2 is 2.19 bits per heavy atom. The zero-order chi connectivity index (χ0) is 12.4. The van der Waals surface area contributed by atoms with Crippen molar-refractivity contribution in [2.45, 2.75) is 13.3 Å². The van der Waals surface area contributed by atoms with Gasteiger partial charge >= 0.3 is 0 Å². The summed E-state index contributed by atoms with van der Waals surface area (Å²) < 4.78 is 5.16. The van der Waals surface area contributed by atoms with Crippen LogP contribution in [0.5, 0.6) is 0 Å². The molecule has 0 saturated carbocycles. The Balaban J connectivity index is 3.59. The Morgan fingerprint density at radius 1 is 1.50 bits per heavy atom. The van der Waals surface area contributed by atoms with Crippen LogP contribution in [0.25, 0.3) is 0 Å². The Labute approximate surface area is 96.8 Å². The largest absolute Gasteiger partial charge is 0.382 e. The maximum absolute atomic E-state index is 11.2. The quantitative estimate of drug-likeness (QED) is 0.348. The molecule has 0 spiro atoms. The van der Waals surface area contributed by atoms with E-state index in [1.165, 1.54) is 4.90 Å². The molecule has 94 valence electrons. The minimum absolute atomic E-state index is 0.0703. The summed E-state index contributed by atoms with van der Waals surface area (Å²) in [4.78, 5) is 16.6. The van der Waals surface area contributed by atoms with E-state index in [2.05, 4.69) is 10.3 Å². The molecule has 0 aliphatic carbocycles. The first-order chi connectivity index (χ1) is 7.57. The fourth-order valence-corrected chi connectivity index (χ4v) is 0.885. The molecule has 0 rings (SSSR count). The summed E-state index contributed by atoms with van der Waals surface area (Å²) in [5.74, 6) is 0.228. The summed E-state index contributed by atoms with van der Waals surface area (Å²) in [5.41, 5.74) is 5.56. The van der Waals surface area contributed by atoms with Gasteiger partial charge in [0.15, 0.2) is 5.96 Å². The second kappa shape index (κ2) is 8.96. The van der Waals surface area contributed by atoms with Gasteiger partial charge in [-0.25, -0.2) is 4.99 Å². The van der Waals surface area contributed by atoms with E-state index < -0.39 is 0 Å². The van der Waals surface area contributed by atoms with Crippen LogP contribution in [0, 0.1) is 0 Å². The van der Waals surface area contributed by atoms with Crippen molar-refractivity contribution in [1.82, 2.24) is 10.2 Å². The lowest BCUT2D eigenvalue weighted by atomic mass is 10.4. The number of carbonyl (C=O) groups is 1. The normalized spacial score (nSPS) is 11.3. The molecule has 0 aliphatic rings. The molecule has 6 heteroatoms. The molecule has 6 nitrogen and oxygen atoms in total. The van der Waals surface area contributed by atoms with Gasteiger partial charge in [0.2, 0.25) is 5.91 Å². The summed E-state index contributed by atoms with van der Waals surface area (Å²) in [6.45, 7) is 4.16. The molecular formula is C10H22N4O2. The van der Waals surface area contributed by atoms with Crippen molar-refractivity contribution in [3.8, 4) is 0 Å². The highest BCUT2D eigenvalue weighted by Gasteiger charge is 2.01. The van der Waals surface area contributed by atoms with Crippen molar-refractivity contribution in [3.63, 3.8) is 0 Å². The lowest BCUT2D eigenvalue weighted by Crippen LogP contribution is -2.34. The minimum Gasteiger partial charge on any atom is -0.382 e. The van der Waals surface area contributed by atoms with Crippen LogP contribution < -0.4 is 11.1 Å². The van der Waals surface area contributed by atoms with Gasteiger partial charge in [0.1, 0.15) is 6.54 Å². The molecule has 16 heavy (non-hydrogen) atoms. The van der Waals surface area contributed by atoms with Crippen LogP contribution in [0.3, 0.4) is 0 Å². The first kappa shape index (κ1) is 14.7. The van der Waals surface area contributed by atoms with E-state index in [9.17, 15) is 4.79 Å². The molecule has 0 bridgehead atoms. The molecule has 1 amide bonds. The molecule has 0 aromatic rings. The number of hydrogen-bond donors (Lipinski definition) is 2. The Morgan fingerprint density at radius 3 is 2.75 bits per heavy atom. The fourth-order valence-electron chi connectivity index (χ4n) is 0.885. The predicted octanol–water partition coefficient (Wildman–Crippen LogP) is -0.594. The van der Waals surface area contributed by atoms with Gasteiger partial charge in [0.25, 0.3) is 0 Å². The number of guanidine groups is 1. The Kier molecular flexibility index (Phi) is 8.24. The summed E-state index contributed by atoms with van der Waals surface area (Å²) >= 11 is 0. The molecule has 0 atom stereocenters. The van der Waals surface area contributed by atoms with Crippen LogP contribution >= 0.6 is 0 Å². The molecule has 0 aromatic heterocycles. The third kappa shape index (κ3) is 8.05. The lowest BCUT2D eigenvalue weighted by molar-refractivity contribution is -0.127. The first-order valence-electron chi connectivity index (χ1n) is 5.39. The predicted molar refractivity (Wildman–Crippen MR) is 64.3 cm³/mol. The maximum Gasteiger partial charge on any atom is 0.243 e. The van der Waals surface area contributed by atoms with Gasteiger partial charge in [-0.3, -0.25) is 4.79 Å². The third-order valence-electron chi connectivity index (χ3n) is 1.86. The number of hydrogen-bond acceptors (Lipinski definition) is 3. The number of nitrogens with zero attached hydrogens (tertiary/aromatic N) is 2. The van der Waals surface area contributed by atoms with E-state index in [-0.39, 0.29) is 12.5 Å². The Hall–Kier alpha value is -1.30. The second-order valence-electron chi connectivity index (χ2n) is 3.47. The van der Waals surface area contributed by atoms with Crippen LogP contribution in [0.1, 0.15) is 13.3 Å². The van der Waals surface area contributed by atoms with E-state index in [4.69, 9.17) is 10.5 Å². The highest BCUT2D eigenvalue weighted by molar-refractivity contribution is 5.83. The zero-order valence-electron chi connectivity index (χ0n) is 10.3. The second-order valence-corrected chi connectivity index (χ2v) is 3.47. The van der Waals surface area contributed by atoms with Crippen LogP contribution in [-0.4, -0.2) is 57.2 Å². The number of aliphatic imine (C=N–C) groups is 1. The molecule has 0 unspecified atom stereocenters. The fraction of sp³-hybridized carbons (Fsp3) is 0.800. The highest BCUT2D eigenvalue weighted by Crippen LogP contribution is 1.82. The van der Waals surface area contributed by atoms with Crippen molar-refractivity contribution in [2.75, 3.05) is 40.4 Å². The van der Waals surface area contributed by atoms with Crippen molar-refractivity contribution in [1.29, 1.82) is 0 Å². The Bertz CT molecular complexity index is 229. The summed E-state index contributed by atoms with van der Waals surface area (Å²) in [6.07, 6.45) is 0.867. The van der Waals surface area contributed by atoms with E-state index >= 15 is 0 Å². The smallest absolute Gasteiger partial charge is 0.243 e. The van der Waals surface area contributed by atoms with Gasteiger partial charge < -0.3 is 20.7 Å². The lowest BCUT2D eigenvalue weighted by Gasteiger charge is -2.09. The monoisotopic (exact) mass is 230 g/mol. The highest BCUT2D eigenvalue weighted by atomic mass is 16.5. The number of carbonyl (C=O) groups excluding carboxylic acids is 1. The van der Waals surface area contributed by atoms with E-state index in [0.717, 1.165) is 13.0 Å². The number of nitrogens with one attached hydrogen (secondary N) is 1. The van der Waals surface area contributed by atoms with Crippen LogP contribution in [0.4, 0.5) is 0 Å². The standard InChI is InChI=1S/C10H22N4O2/c1-4-16-7-5-6-12-10(11)13-8-9(15)14(2)3/h4-8H2,1-3H3,(H3,11,12,13). The van der Waals surface area contributed by atoms with Gasteiger partial charge in [0.05, 0.1) is 0 Å². The van der Waals surface area contributed by atoms with Crippen LogP contribution in [0.2, 0.25) is 0 Å². The van der Waals surface area contributed by atoms with Crippen molar-refractivity contribution in [2.24, 2.45) is 10.7 Å². The molecular weight excluding hydrogens is 208 g/mol. The number of amides is 1. The molecule has 0 aromatic carbocycles. The first-order valence-corrected chi connectivity index (χ1v) is 5.39. The zero-order valence-corrected chi connectivity index (χ0v) is 10.3. The molecule has 0 fully saturated rings. The average Bonchev–Trinajstić information content (AvgIpc) is 2.25. The topological polar surface area (TPSA) is 80.0 Å². The molecule has 3 N–H and O–H groups in total. The molecule has 0 saturated heterocycles. The van der Waals surface area contributed by atoms with Gasteiger partial charge in [-0.15, -0.1) is 0 Å². The SMILES string of the molecule is CCOCCCNC(N)=NCC(=O)N(C)C.